The molecular formula is C22H21ClN4OS. The number of hydrogen-bond donors (Lipinski definition) is 1. The first-order chi connectivity index (χ1) is 14.2. The Balaban J connectivity index is 1.49. The molecule has 0 radical (unpaired) electrons. The predicted octanol–water partition coefficient (Wildman–Crippen LogP) is 5.95. The second-order valence-corrected chi connectivity index (χ2v) is 8.81. The fourth-order valence-corrected chi connectivity index (χ4v) is 5.03. The molecule has 5 nitrogen and oxygen atoms in total. The van der Waals surface area contributed by atoms with Crippen molar-refractivity contribution in [2.75, 3.05) is 5.32 Å². The van der Waals surface area contributed by atoms with Crippen LogP contribution in [0.15, 0.2) is 53.7 Å². The van der Waals surface area contributed by atoms with Crippen LogP contribution in [-0.2, 0) is 5.75 Å². The van der Waals surface area contributed by atoms with Crippen molar-refractivity contribution in [2.45, 2.75) is 48.7 Å². The van der Waals surface area contributed by atoms with Crippen molar-refractivity contribution in [3.8, 4) is 17.1 Å². The minimum absolute atomic E-state index is 0.430. The summed E-state index contributed by atoms with van der Waals surface area (Å²) in [6.45, 7) is 0. The monoisotopic (exact) mass is 424 g/mol. The lowest BCUT2D eigenvalue weighted by atomic mass is 9.91. The third kappa shape index (κ3) is 3.79. The number of benzene rings is 2. The van der Waals surface area contributed by atoms with E-state index < -0.39 is 5.72 Å². The van der Waals surface area contributed by atoms with Crippen LogP contribution in [0, 0.1) is 0 Å². The molecule has 0 saturated heterocycles. The molecule has 0 atom stereocenters. The van der Waals surface area contributed by atoms with Gasteiger partial charge in [-0.15, -0.1) is 10.2 Å². The molecule has 148 valence electrons. The summed E-state index contributed by atoms with van der Waals surface area (Å²) in [4.78, 5) is 4.75. The molecule has 0 bridgehead atoms. The molecule has 1 N–H and O–H groups in total. The van der Waals surface area contributed by atoms with E-state index in [9.17, 15) is 0 Å². The van der Waals surface area contributed by atoms with E-state index in [1.807, 2.05) is 42.5 Å². The van der Waals surface area contributed by atoms with Crippen LogP contribution in [-0.4, -0.2) is 20.9 Å². The predicted molar refractivity (Wildman–Crippen MR) is 116 cm³/mol. The largest absolute Gasteiger partial charge is 0.449 e. The Labute approximate surface area is 179 Å². The molecule has 1 saturated carbocycles. The molecule has 1 aliphatic carbocycles. The van der Waals surface area contributed by atoms with Crippen molar-refractivity contribution >= 4 is 29.1 Å². The summed E-state index contributed by atoms with van der Waals surface area (Å²) in [5.41, 5.74) is 3.32. The van der Waals surface area contributed by atoms with Crippen molar-refractivity contribution in [2.24, 2.45) is 0 Å². The zero-order chi connectivity index (χ0) is 19.7. The fourth-order valence-electron chi connectivity index (χ4n) is 3.96. The van der Waals surface area contributed by atoms with E-state index in [1.165, 1.54) is 18.2 Å². The van der Waals surface area contributed by atoms with Gasteiger partial charge < -0.3 is 10.1 Å². The summed E-state index contributed by atoms with van der Waals surface area (Å²) in [7, 11) is 0. The van der Waals surface area contributed by atoms with Gasteiger partial charge >= 0.3 is 0 Å². The Bertz CT molecular complexity index is 1040. The summed E-state index contributed by atoms with van der Waals surface area (Å²) in [5.74, 6) is 1.24. The Morgan fingerprint density at radius 3 is 2.66 bits per heavy atom. The number of halogens is 1. The fraction of sp³-hybridized carbons (Fsp3) is 0.318. The van der Waals surface area contributed by atoms with Crippen LogP contribution in [0.3, 0.4) is 0 Å². The van der Waals surface area contributed by atoms with Crippen molar-refractivity contribution in [1.82, 2.24) is 15.2 Å². The van der Waals surface area contributed by atoms with E-state index in [1.54, 1.807) is 0 Å². The summed E-state index contributed by atoms with van der Waals surface area (Å²) < 4.78 is 6.52. The first kappa shape index (κ1) is 18.7. The van der Waals surface area contributed by atoms with Gasteiger partial charge in [-0.1, -0.05) is 66.2 Å². The minimum Gasteiger partial charge on any atom is -0.449 e. The third-order valence-electron chi connectivity index (χ3n) is 5.45. The lowest BCUT2D eigenvalue weighted by molar-refractivity contribution is 0.0536. The number of ether oxygens (including phenoxy) is 1. The Morgan fingerprint density at radius 1 is 1.00 bits per heavy atom. The molecule has 3 aromatic rings. The van der Waals surface area contributed by atoms with Crippen LogP contribution in [0.2, 0.25) is 5.02 Å². The van der Waals surface area contributed by atoms with E-state index in [2.05, 4.69) is 21.6 Å². The molecule has 29 heavy (non-hydrogen) atoms. The van der Waals surface area contributed by atoms with E-state index >= 15 is 0 Å². The second kappa shape index (κ2) is 7.84. The van der Waals surface area contributed by atoms with Gasteiger partial charge in [0.05, 0.1) is 0 Å². The quantitative estimate of drug-likeness (QED) is 0.524. The molecular weight excluding hydrogens is 404 g/mol. The molecule has 2 aromatic carbocycles. The highest BCUT2D eigenvalue weighted by Gasteiger charge is 2.39. The SMILES string of the molecule is Clc1ccccc1CSc1nnc2c(n1)OC1(CCCCC1)Nc1ccccc1-2. The minimum atomic E-state index is -0.430. The average molecular weight is 425 g/mol. The van der Waals surface area contributed by atoms with E-state index in [-0.39, 0.29) is 0 Å². The van der Waals surface area contributed by atoms with Crippen LogP contribution >= 0.6 is 23.4 Å². The summed E-state index contributed by atoms with van der Waals surface area (Å²) in [6.07, 6.45) is 5.41. The van der Waals surface area contributed by atoms with Crippen LogP contribution < -0.4 is 10.1 Å². The van der Waals surface area contributed by atoms with Gasteiger partial charge in [-0.25, -0.2) is 0 Å². The molecule has 1 spiro atoms. The lowest BCUT2D eigenvalue weighted by Crippen LogP contribution is -2.45. The first-order valence-corrected chi connectivity index (χ1v) is 11.3. The van der Waals surface area contributed by atoms with Gasteiger partial charge in [-0.05, 0) is 30.5 Å². The topological polar surface area (TPSA) is 59.9 Å². The highest BCUT2D eigenvalue weighted by molar-refractivity contribution is 7.98. The van der Waals surface area contributed by atoms with E-state index in [0.29, 0.717) is 22.5 Å². The second-order valence-electron chi connectivity index (χ2n) is 7.46. The van der Waals surface area contributed by atoms with Gasteiger partial charge in [0, 0.05) is 34.9 Å². The summed E-state index contributed by atoms with van der Waals surface area (Å²) in [5, 5.41) is 13.9. The number of hydrogen-bond acceptors (Lipinski definition) is 6. The molecule has 1 aliphatic heterocycles. The Kier molecular flexibility index (Phi) is 5.06. The molecule has 0 amide bonds. The van der Waals surface area contributed by atoms with Gasteiger partial charge in [0.25, 0.3) is 0 Å². The number of para-hydroxylation sites is 1. The third-order valence-corrected chi connectivity index (χ3v) is 6.70. The van der Waals surface area contributed by atoms with Gasteiger partial charge in [0.15, 0.2) is 11.4 Å². The number of nitrogens with one attached hydrogen (secondary N) is 1. The van der Waals surface area contributed by atoms with Gasteiger partial charge in [-0.3, -0.25) is 0 Å². The molecule has 5 rings (SSSR count). The average Bonchev–Trinajstić information content (AvgIpc) is 2.87. The lowest BCUT2D eigenvalue weighted by Gasteiger charge is -2.37. The van der Waals surface area contributed by atoms with Crippen molar-refractivity contribution < 1.29 is 4.74 Å². The van der Waals surface area contributed by atoms with Gasteiger partial charge in [-0.2, -0.15) is 4.98 Å². The maximum atomic E-state index is 6.52. The molecule has 2 aliphatic rings. The van der Waals surface area contributed by atoms with Crippen molar-refractivity contribution in [1.29, 1.82) is 0 Å². The molecule has 1 fully saturated rings. The molecule has 0 unspecified atom stereocenters. The molecule has 1 aromatic heterocycles. The number of aromatic nitrogens is 3. The summed E-state index contributed by atoms with van der Waals surface area (Å²) >= 11 is 7.79. The maximum absolute atomic E-state index is 6.52. The van der Waals surface area contributed by atoms with E-state index in [4.69, 9.17) is 21.3 Å². The van der Waals surface area contributed by atoms with Crippen molar-refractivity contribution in [3.05, 3.63) is 59.1 Å². The highest BCUT2D eigenvalue weighted by Crippen LogP contribution is 2.43. The number of fused-ring (bicyclic) bond motifs is 3. The number of thioether (sulfide) groups is 1. The van der Waals surface area contributed by atoms with E-state index in [0.717, 1.165) is 47.5 Å². The zero-order valence-corrected chi connectivity index (χ0v) is 17.5. The normalized spacial score (nSPS) is 16.9. The molecule has 7 heteroatoms. The van der Waals surface area contributed by atoms with Gasteiger partial charge in [0.2, 0.25) is 11.0 Å². The Morgan fingerprint density at radius 2 is 1.79 bits per heavy atom. The number of nitrogens with zero attached hydrogens (tertiary/aromatic N) is 3. The standard InChI is InChI=1S/C22H21ClN4OS/c23-17-10-4-2-8-15(17)14-29-21-24-20-19(26-27-21)16-9-3-5-11-18(16)25-22(28-20)12-6-1-7-13-22/h2-5,8-11,25H,1,6-7,12-14H2. The van der Waals surface area contributed by atoms with Crippen LogP contribution in [0.5, 0.6) is 5.88 Å². The molecule has 2 heterocycles. The van der Waals surface area contributed by atoms with Crippen LogP contribution in [0.1, 0.15) is 37.7 Å². The first-order valence-electron chi connectivity index (χ1n) is 9.90. The zero-order valence-electron chi connectivity index (χ0n) is 15.9. The summed E-state index contributed by atoms with van der Waals surface area (Å²) in [6, 6.07) is 16.0. The Hall–Kier alpha value is -2.31. The van der Waals surface area contributed by atoms with Crippen LogP contribution in [0.4, 0.5) is 5.69 Å². The van der Waals surface area contributed by atoms with Gasteiger partial charge in [0.1, 0.15) is 0 Å². The number of rotatable bonds is 3. The number of anilines is 1. The van der Waals surface area contributed by atoms with Crippen LogP contribution in [0.25, 0.3) is 11.3 Å². The maximum Gasteiger partial charge on any atom is 0.247 e. The smallest absolute Gasteiger partial charge is 0.247 e. The van der Waals surface area contributed by atoms with Crippen molar-refractivity contribution in [3.63, 3.8) is 0 Å². The highest BCUT2D eigenvalue weighted by atomic mass is 35.5.